The van der Waals surface area contributed by atoms with Gasteiger partial charge in [0.05, 0.1) is 16.5 Å². The lowest BCUT2D eigenvalue weighted by molar-refractivity contribution is -0.139. The molecule has 0 radical (unpaired) electrons. The van der Waals surface area contributed by atoms with Gasteiger partial charge in [-0.05, 0) is 41.3 Å². The number of benzene rings is 3. The van der Waals surface area contributed by atoms with Gasteiger partial charge in [-0.3, -0.25) is 9.59 Å². The number of carbonyl (C=O) groups is 2. The van der Waals surface area contributed by atoms with Crippen LogP contribution in [0.2, 0.25) is 5.02 Å². The summed E-state index contributed by atoms with van der Waals surface area (Å²) in [7, 11) is 1.60. The fourth-order valence-corrected chi connectivity index (χ4v) is 3.90. The summed E-state index contributed by atoms with van der Waals surface area (Å²) in [6.45, 7) is 1.61. The standard InChI is InChI=1S/C27H22ClF4NO2/c1-17-13-21(14-24(28)25(17)29)23(27(30,31)32)12-11-18-7-9-19(10-8-18)15-33(2)26(35)22-6-4-3-5-20(22)16-34/h3-14,16,23H,15H2,1-2H3/b12-11+. The molecular formula is C27H22ClF4NO2. The summed E-state index contributed by atoms with van der Waals surface area (Å²) in [6, 6.07) is 15.3. The normalized spacial score (nSPS) is 12.5. The van der Waals surface area contributed by atoms with Crippen molar-refractivity contribution in [1.29, 1.82) is 0 Å². The quantitative estimate of drug-likeness (QED) is 0.252. The molecule has 35 heavy (non-hydrogen) atoms. The number of carbonyl (C=O) groups excluding carboxylic acids is 2. The van der Waals surface area contributed by atoms with Gasteiger partial charge in [0.25, 0.3) is 5.91 Å². The van der Waals surface area contributed by atoms with E-state index in [1.165, 1.54) is 17.9 Å². The van der Waals surface area contributed by atoms with Crippen LogP contribution >= 0.6 is 11.6 Å². The van der Waals surface area contributed by atoms with E-state index in [-0.39, 0.29) is 28.6 Å². The number of aldehydes is 1. The Labute approximate surface area is 205 Å². The van der Waals surface area contributed by atoms with Gasteiger partial charge < -0.3 is 4.90 Å². The topological polar surface area (TPSA) is 37.4 Å². The lowest BCUT2D eigenvalue weighted by Crippen LogP contribution is -2.27. The number of allylic oxidation sites excluding steroid dienone is 1. The highest BCUT2D eigenvalue weighted by Gasteiger charge is 2.39. The molecule has 1 unspecified atom stereocenters. The zero-order valence-corrected chi connectivity index (χ0v) is 19.7. The Hall–Kier alpha value is -3.45. The molecule has 1 atom stereocenters. The Bertz CT molecular complexity index is 1230. The highest BCUT2D eigenvalue weighted by Crippen LogP contribution is 2.38. The lowest BCUT2D eigenvalue weighted by Gasteiger charge is -2.19. The highest BCUT2D eigenvalue weighted by molar-refractivity contribution is 6.30. The van der Waals surface area contributed by atoms with Crippen LogP contribution in [-0.2, 0) is 6.54 Å². The van der Waals surface area contributed by atoms with E-state index in [0.29, 0.717) is 23.0 Å². The van der Waals surface area contributed by atoms with Gasteiger partial charge in [-0.15, -0.1) is 0 Å². The number of alkyl halides is 3. The summed E-state index contributed by atoms with van der Waals surface area (Å²) in [5.74, 6) is -3.02. The Morgan fingerprint density at radius 3 is 2.34 bits per heavy atom. The van der Waals surface area contributed by atoms with Crippen LogP contribution in [0.1, 0.15) is 48.9 Å². The molecule has 0 aliphatic carbocycles. The maximum Gasteiger partial charge on any atom is 0.399 e. The van der Waals surface area contributed by atoms with Crippen molar-refractivity contribution in [3.63, 3.8) is 0 Å². The van der Waals surface area contributed by atoms with E-state index < -0.39 is 17.9 Å². The molecule has 8 heteroatoms. The predicted octanol–water partition coefficient (Wildman–Crippen LogP) is 7.23. The first-order valence-electron chi connectivity index (χ1n) is 10.6. The van der Waals surface area contributed by atoms with Gasteiger partial charge in [0, 0.05) is 19.2 Å². The maximum atomic E-state index is 13.8. The molecule has 0 N–H and O–H groups in total. The van der Waals surface area contributed by atoms with Crippen LogP contribution in [0.4, 0.5) is 17.6 Å². The molecule has 3 aromatic rings. The van der Waals surface area contributed by atoms with Crippen LogP contribution < -0.4 is 0 Å². The molecule has 182 valence electrons. The van der Waals surface area contributed by atoms with Crippen LogP contribution in [0.5, 0.6) is 0 Å². The summed E-state index contributed by atoms with van der Waals surface area (Å²) in [6.07, 6.45) is -1.63. The van der Waals surface area contributed by atoms with Gasteiger partial charge in [0.1, 0.15) is 5.82 Å². The molecule has 0 aliphatic rings. The predicted molar refractivity (Wildman–Crippen MR) is 128 cm³/mol. The van der Waals surface area contributed by atoms with Gasteiger partial charge in [0.2, 0.25) is 0 Å². The molecule has 0 fully saturated rings. The number of halogens is 5. The number of amides is 1. The third kappa shape index (κ3) is 6.36. The summed E-state index contributed by atoms with van der Waals surface area (Å²) < 4.78 is 54.9. The van der Waals surface area contributed by atoms with E-state index in [2.05, 4.69) is 0 Å². The van der Waals surface area contributed by atoms with Crippen LogP contribution in [0, 0.1) is 12.7 Å². The average molecular weight is 504 g/mol. The van der Waals surface area contributed by atoms with E-state index in [4.69, 9.17) is 11.6 Å². The molecule has 1 amide bonds. The van der Waals surface area contributed by atoms with E-state index in [1.807, 2.05) is 0 Å². The molecule has 0 aliphatic heterocycles. The molecule has 3 aromatic carbocycles. The molecular weight excluding hydrogens is 482 g/mol. The van der Waals surface area contributed by atoms with Crippen LogP contribution in [0.15, 0.2) is 66.7 Å². The maximum absolute atomic E-state index is 13.8. The van der Waals surface area contributed by atoms with Crippen molar-refractivity contribution in [1.82, 2.24) is 4.90 Å². The van der Waals surface area contributed by atoms with Crippen LogP contribution in [-0.4, -0.2) is 30.3 Å². The van der Waals surface area contributed by atoms with Crippen molar-refractivity contribution < 1.29 is 27.2 Å². The number of aryl methyl sites for hydroxylation is 1. The molecule has 0 bridgehead atoms. The minimum Gasteiger partial charge on any atom is -0.337 e. The molecule has 0 saturated carbocycles. The summed E-state index contributed by atoms with van der Waals surface area (Å²) in [5, 5.41) is -0.360. The Balaban J connectivity index is 1.75. The van der Waals surface area contributed by atoms with Crippen molar-refractivity contribution >= 4 is 29.9 Å². The molecule has 3 nitrogen and oxygen atoms in total. The fraction of sp³-hybridized carbons (Fsp3) is 0.185. The smallest absolute Gasteiger partial charge is 0.337 e. The van der Waals surface area contributed by atoms with Gasteiger partial charge in [-0.25, -0.2) is 4.39 Å². The summed E-state index contributed by atoms with van der Waals surface area (Å²) in [4.78, 5) is 25.3. The van der Waals surface area contributed by atoms with E-state index >= 15 is 0 Å². The lowest BCUT2D eigenvalue weighted by atomic mass is 9.95. The van der Waals surface area contributed by atoms with Crippen LogP contribution in [0.3, 0.4) is 0 Å². The molecule has 0 spiro atoms. The second kappa shape index (κ2) is 10.9. The highest BCUT2D eigenvalue weighted by atomic mass is 35.5. The number of rotatable bonds is 7. The minimum atomic E-state index is -4.59. The third-order valence-corrected chi connectivity index (χ3v) is 5.76. The summed E-state index contributed by atoms with van der Waals surface area (Å²) >= 11 is 5.76. The van der Waals surface area contributed by atoms with E-state index in [1.54, 1.807) is 55.6 Å². The Morgan fingerprint density at radius 2 is 1.74 bits per heavy atom. The molecule has 3 rings (SSSR count). The number of nitrogens with zero attached hydrogens (tertiary/aromatic N) is 1. The molecule has 0 heterocycles. The minimum absolute atomic E-state index is 0.0361. The van der Waals surface area contributed by atoms with Crippen molar-refractivity contribution in [2.45, 2.75) is 25.6 Å². The van der Waals surface area contributed by atoms with Crippen molar-refractivity contribution in [3.05, 3.63) is 111 Å². The fourth-order valence-electron chi connectivity index (χ4n) is 3.63. The zero-order chi connectivity index (χ0) is 25.8. The third-order valence-electron chi connectivity index (χ3n) is 5.49. The van der Waals surface area contributed by atoms with Gasteiger partial charge >= 0.3 is 6.18 Å². The van der Waals surface area contributed by atoms with Crippen LogP contribution in [0.25, 0.3) is 6.08 Å². The second-order valence-corrected chi connectivity index (χ2v) is 8.53. The van der Waals surface area contributed by atoms with E-state index in [9.17, 15) is 27.2 Å². The first kappa shape index (κ1) is 26.2. The second-order valence-electron chi connectivity index (χ2n) is 8.12. The Kier molecular flexibility index (Phi) is 8.12. The summed E-state index contributed by atoms with van der Waals surface area (Å²) in [5.41, 5.74) is 1.75. The van der Waals surface area contributed by atoms with Crippen molar-refractivity contribution in [3.8, 4) is 0 Å². The van der Waals surface area contributed by atoms with Gasteiger partial charge in [-0.2, -0.15) is 13.2 Å². The van der Waals surface area contributed by atoms with Crippen molar-refractivity contribution in [2.24, 2.45) is 0 Å². The number of hydrogen-bond acceptors (Lipinski definition) is 2. The SMILES string of the molecule is Cc1cc(C(/C=C/c2ccc(CN(C)C(=O)c3ccccc3C=O)cc2)C(F)(F)F)cc(Cl)c1F. The van der Waals surface area contributed by atoms with Gasteiger partial charge in [0.15, 0.2) is 6.29 Å². The van der Waals surface area contributed by atoms with Gasteiger partial charge in [-0.1, -0.05) is 72.3 Å². The first-order chi connectivity index (χ1) is 16.5. The average Bonchev–Trinajstić information content (AvgIpc) is 2.82. The van der Waals surface area contributed by atoms with Crippen molar-refractivity contribution in [2.75, 3.05) is 7.05 Å². The zero-order valence-electron chi connectivity index (χ0n) is 18.9. The molecule has 0 aromatic heterocycles. The van der Waals surface area contributed by atoms with E-state index in [0.717, 1.165) is 23.8 Å². The Morgan fingerprint density at radius 1 is 1.09 bits per heavy atom. The molecule has 0 saturated heterocycles. The first-order valence-corrected chi connectivity index (χ1v) is 11.0. The largest absolute Gasteiger partial charge is 0.399 e. The monoisotopic (exact) mass is 503 g/mol. The number of hydrogen-bond donors (Lipinski definition) is 0.